The Morgan fingerprint density at radius 1 is 1.12 bits per heavy atom. The van der Waals surface area contributed by atoms with Crippen molar-refractivity contribution in [2.24, 2.45) is 5.92 Å². The molecule has 0 N–H and O–H groups in total. The number of carbonyl (C=O) groups is 1. The highest BCUT2D eigenvalue weighted by atomic mass is 16.2. The van der Waals surface area contributed by atoms with Crippen LogP contribution >= 0.6 is 0 Å². The van der Waals surface area contributed by atoms with Gasteiger partial charge in [-0.15, -0.1) is 0 Å². The predicted octanol–water partition coefficient (Wildman–Crippen LogP) is 1.73. The summed E-state index contributed by atoms with van der Waals surface area (Å²) in [6, 6.07) is 0. The molecule has 0 aromatic heterocycles. The van der Waals surface area contributed by atoms with Gasteiger partial charge in [0, 0.05) is 26.6 Å². The molecule has 1 unspecified atom stereocenters. The Hall–Kier alpha value is -0.570. The minimum atomic E-state index is 0.253. The van der Waals surface area contributed by atoms with Gasteiger partial charge in [-0.3, -0.25) is 4.79 Å². The molecule has 1 atom stereocenters. The lowest BCUT2D eigenvalue weighted by molar-refractivity contribution is -0.130. The Balaban J connectivity index is 1.78. The van der Waals surface area contributed by atoms with Gasteiger partial charge in [-0.25, -0.2) is 0 Å². The molecule has 2 aliphatic rings. The van der Waals surface area contributed by atoms with Gasteiger partial charge in [0.15, 0.2) is 0 Å². The first-order valence-electron chi connectivity index (χ1n) is 6.73. The maximum absolute atomic E-state index is 11.3. The van der Waals surface area contributed by atoms with Crippen LogP contribution in [0.2, 0.25) is 0 Å². The zero-order valence-electron chi connectivity index (χ0n) is 10.5. The number of rotatable bonds is 2. The van der Waals surface area contributed by atoms with Crippen molar-refractivity contribution in [3.8, 4) is 0 Å². The quantitative estimate of drug-likeness (QED) is 0.713. The first-order valence-corrected chi connectivity index (χ1v) is 6.73. The molecule has 0 aliphatic carbocycles. The van der Waals surface area contributed by atoms with E-state index in [0.29, 0.717) is 0 Å². The van der Waals surface area contributed by atoms with Crippen molar-refractivity contribution >= 4 is 5.91 Å². The van der Waals surface area contributed by atoms with Crippen LogP contribution in [0.1, 0.15) is 39.0 Å². The highest BCUT2D eigenvalue weighted by Crippen LogP contribution is 2.19. The van der Waals surface area contributed by atoms with Crippen LogP contribution in [0.4, 0.5) is 0 Å². The first-order chi connectivity index (χ1) is 7.75. The molecule has 2 aliphatic heterocycles. The van der Waals surface area contributed by atoms with Crippen LogP contribution in [0.5, 0.6) is 0 Å². The molecule has 16 heavy (non-hydrogen) atoms. The van der Waals surface area contributed by atoms with E-state index in [1.54, 1.807) is 6.92 Å². The Bertz CT molecular complexity index is 236. The predicted molar refractivity (Wildman–Crippen MR) is 65.3 cm³/mol. The van der Waals surface area contributed by atoms with E-state index in [-0.39, 0.29) is 5.91 Å². The van der Waals surface area contributed by atoms with Crippen molar-refractivity contribution in [1.82, 2.24) is 9.80 Å². The van der Waals surface area contributed by atoms with Crippen molar-refractivity contribution in [3.05, 3.63) is 0 Å². The van der Waals surface area contributed by atoms with Gasteiger partial charge in [0.2, 0.25) is 5.91 Å². The molecule has 0 aromatic rings. The van der Waals surface area contributed by atoms with Crippen LogP contribution in [-0.4, -0.2) is 48.4 Å². The third-order valence-corrected chi connectivity index (χ3v) is 3.93. The van der Waals surface area contributed by atoms with Crippen molar-refractivity contribution in [1.29, 1.82) is 0 Å². The molecule has 0 aromatic carbocycles. The third-order valence-electron chi connectivity index (χ3n) is 3.93. The number of hydrogen-bond acceptors (Lipinski definition) is 2. The fourth-order valence-electron chi connectivity index (χ4n) is 3.01. The van der Waals surface area contributed by atoms with Gasteiger partial charge in [0.05, 0.1) is 0 Å². The zero-order valence-corrected chi connectivity index (χ0v) is 10.5. The third kappa shape index (κ3) is 3.21. The number of amides is 1. The second kappa shape index (κ2) is 5.67. The van der Waals surface area contributed by atoms with Gasteiger partial charge in [-0.05, 0) is 44.7 Å². The summed E-state index contributed by atoms with van der Waals surface area (Å²) < 4.78 is 0. The average molecular weight is 224 g/mol. The Morgan fingerprint density at radius 3 is 2.56 bits per heavy atom. The molecular weight excluding hydrogens is 200 g/mol. The van der Waals surface area contributed by atoms with E-state index in [1.807, 2.05) is 4.90 Å². The van der Waals surface area contributed by atoms with Gasteiger partial charge in [-0.1, -0.05) is 6.42 Å². The summed E-state index contributed by atoms with van der Waals surface area (Å²) >= 11 is 0. The fourth-order valence-corrected chi connectivity index (χ4v) is 3.01. The van der Waals surface area contributed by atoms with Crippen LogP contribution in [0.25, 0.3) is 0 Å². The van der Waals surface area contributed by atoms with E-state index in [4.69, 9.17) is 0 Å². The van der Waals surface area contributed by atoms with Crippen LogP contribution in [-0.2, 0) is 4.79 Å². The molecule has 0 bridgehead atoms. The molecule has 1 amide bonds. The molecule has 3 heteroatoms. The fraction of sp³-hybridized carbons (Fsp3) is 0.923. The van der Waals surface area contributed by atoms with Gasteiger partial charge in [-0.2, -0.15) is 0 Å². The summed E-state index contributed by atoms with van der Waals surface area (Å²) in [5, 5.41) is 0. The lowest BCUT2D eigenvalue weighted by Crippen LogP contribution is -2.44. The topological polar surface area (TPSA) is 23.6 Å². The van der Waals surface area contributed by atoms with E-state index in [9.17, 15) is 4.79 Å². The molecule has 3 nitrogen and oxygen atoms in total. The van der Waals surface area contributed by atoms with Crippen LogP contribution in [0.15, 0.2) is 0 Å². The number of likely N-dealkylation sites (tertiary alicyclic amines) is 2. The second-order valence-corrected chi connectivity index (χ2v) is 5.33. The van der Waals surface area contributed by atoms with Crippen LogP contribution in [0.3, 0.4) is 0 Å². The Labute approximate surface area is 98.8 Å². The Kier molecular flexibility index (Phi) is 4.22. The number of hydrogen-bond donors (Lipinski definition) is 0. The van der Waals surface area contributed by atoms with Crippen molar-refractivity contribution < 1.29 is 4.79 Å². The molecule has 0 radical (unpaired) electrons. The summed E-state index contributed by atoms with van der Waals surface area (Å²) in [5.74, 6) is 0.971. The average Bonchev–Trinajstić information content (AvgIpc) is 2.30. The van der Waals surface area contributed by atoms with Crippen LogP contribution < -0.4 is 0 Å². The monoisotopic (exact) mass is 224 g/mol. The van der Waals surface area contributed by atoms with Gasteiger partial charge in [0.1, 0.15) is 0 Å². The maximum atomic E-state index is 11.3. The minimum absolute atomic E-state index is 0.253. The molecule has 0 saturated carbocycles. The first kappa shape index (κ1) is 11.9. The van der Waals surface area contributed by atoms with E-state index in [0.717, 1.165) is 19.0 Å². The van der Waals surface area contributed by atoms with Crippen molar-refractivity contribution in [3.63, 3.8) is 0 Å². The highest BCUT2D eigenvalue weighted by Gasteiger charge is 2.23. The summed E-state index contributed by atoms with van der Waals surface area (Å²) in [7, 11) is 0. The number of piperidine rings is 2. The maximum Gasteiger partial charge on any atom is 0.219 e. The Morgan fingerprint density at radius 2 is 1.88 bits per heavy atom. The second-order valence-electron chi connectivity index (χ2n) is 5.33. The number of nitrogens with zero attached hydrogens (tertiary/aromatic N) is 2. The largest absolute Gasteiger partial charge is 0.343 e. The molecule has 0 spiro atoms. The summed E-state index contributed by atoms with van der Waals surface area (Å²) in [6.45, 7) is 7.43. The lowest BCUT2D eigenvalue weighted by atomic mass is 9.96. The van der Waals surface area contributed by atoms with Crippen LogP contribution in [0, 0.1) is 5.92 Å². The normalized spacial score (nSPS) is 28.1. The van der Waals surface area contributed by atoms with Crippen molar-refractivity contribution in [2.75, 3.05) is 32.7 Å². The SMILES string of the molecule is CC(=O)N1CCCC(CN2CCCCC2)C1. The lowest BCUT2D eigenvalue weighted by Gasteiger charge is -2.36. The minimum Gasteiger partial charge on any atom is -0.343 e. The van der Waals surface area contributed by atoms with Gasteiger partial charge >= 0.3 is 0 Å². The van der Waals surface area contributed by atoms with E-state index in [2.05, 4.69) is 4.90 Å². The zero-order chi connectivity index (χ0) is 11.4. The standard InChI is InChI=1S/C13H24N2O/c1-12(16)15-9-5-6-13(11-15)10-14-7-3-2-4-8-14/h13H,2-11H2,1H3. The summed E-state index contributed by atoms with van der Waals surface area (Å²) in [6.07, 6.45) is 6.63. The van der Waals surface area contributed by atoms with E-state index < -0.39 is 0 Å². The van der Waals surface area contributed by atoms with E-state index in [1.165, 1.54) is 51.7 Å². The summed E-state index contributed by atoms with van der Waals surface area (Å²) in [5.41, 5.74) is 0. The van der Waals surface area contributed by atoms with E-state index >= 15 is 0 Å². The molecule has 2 heterocycles. The molecule has 92 valence electrons. The molecular formula is C13H24N2O. The number of carbonyl (C=O) groups excluding carboxylic acids is 1. The molecule has 2 fully saturated rings. The van der Waals surface area contributed by atoms with Gasteiger partial charge in [0.25, 0.3) is 0 Å². The summed E-state index contributed by atoms with van der Waals surface area (Å²) in [4.78, 5) is 16.0. The molecule has 2 rings (SSSR count). The highest BCUT2D eigenvalue weighted by molar-refractivity contribution is 5.73. The smallest absolute Gasteiger partial charge is 0.219 e. The van der Waals surface area contributed by atoms with Gasteiger partial charge < -0.3 is 9.80 Å². The molecule has 2 saturated heterocycles. The van der Waals surface area contributed by atoms with Crippen molar-refractivity contribution in [2.45, 2.75) is 39.0 Å².